The number of rotatable bonds is 5. The highest BCUT2D eigenvalue weighted by atomic mass is 35.5. The molecule has 3 aromatic rings. The Morgan fingerprint density at radius 3 is 2.53 bits per heavy atom. The topological polar surface area (TPSA) is 55.4 Å². The molecule has 1 aliphatic heterocycles. The SMILES string of the molecule is COc1cc(N2CCCS2(=O)=O)ccc1-[n+]1cc(C)n(Cc2c(Cl)cccc2Cl)c1. The standard InChI is InChI=1S/C21H22Cl2N3O3S/c1-15-12-25(14-24(15)13-17-18(22)5-3-6-19(17)23)20-8-7-16(11-21(20)29-2)26-9-4-10-30(26,27)28/h3,5-8,11-12,14H,4,9-10,13H2,1-2H3/q+1. The molecular weight excluding hydrogens is 445 g/mol. The number of aryl methyl sites for hydroxylation is 1. The third-order valence-corrected chi connectivity index (χ3v) is 7.84. The van der Waals surface area contributed by atoms with Gasteiger partial charge in [-0.3, -0.25) is 4.31 Å². The van der Waals surface area contributed by atoms with Gasteiger partial charge in [0.05, 0.1) is 18.6 Å². The van der Waals surface area contributed by atoms with Crippen LogP contribution in [-0.4, -0.2) is 32.4 Å². The number of hydrogen-bond acceptors (Lipinski definition) is 3. The number of nitrogens with zero attached hydrogens (tertiary/aromatic N) is 3. The molecule has 6 nitrogen and oxygen atoms in total. The van der Waals surface area contributed by atoms with Crippen molar-refractivity contribution in [2.45, 2.75) is 19.9 Å². The van der Waals surface area contributed by atoms with E-state index in [1.807, 2.05) is 58.9 Å². The van der Waals surface area contributed by atoms with Gasteiger partial charge in [0, 0.05) is 35.1 Å². The maximum absolute atomic E-state index is 12.2. The summed E-state index contributed by atoms with van der Waals surface area (Å²) < 4.78 is 35.5. The van der Waals surface area contributed by atoms with Crippen LogP contribution in [0.4, 0.5) is 5.69 Å². The first-order valence-electron chi connectivity index (χ1n) is 9.50. The number of imidazole rings is 1. The van der Waals surface area contributed by atoms with Gasteiger partial charge in [0.25, 0.3) is 0 Å². The largest absolute Gasteiger partial charge is 0.492 e. The van der Waals surface area contributed by atoms with Crippen LogP contribution in [0.15, 0.2) is 48.9 Å². The van der Waals surface area contributed by atoms with Crippen LogP contribution in [0.2, 0.25) is 10.0 Å². The van der Waals surface area contributed by atoms with Crippen molar-refractivity contribution in [1.82, 2.24) is 4.57 Å². The van der Waals surface area contributed by atoms with Gasteiger partial charge in [0.15, 0.2) is 11.4 Å². The Labute approximate surface area is 186 Å². The van der Waals surface area contributed by atoms with Gasteiger partial charge >= 0.3 is 0 Å². The minimum Gasteiger partial charge on any atom is -0.492 e. The van der Waals surface area contributed by atoms with Crippen LogP contribution in [-0.2, 0) is 16.6 Å². The van der Waals surface area contributed by atoms with E-state index >= 15 is 0 Å². The number of methoxy groups -OCH3 is 1. The first-order chi connectivity index (χ1) is 14.3. The molecular formula is C21H22Cl2N3O3S+. The van der Waals surface area contributed by atoms with E-state index in [4.69, 9.17) is 27.9 Å². The fraction of sp³-hybridized carbons (Fsp3) is 0.286. The van der Waals surface area contributed by atoms with Crippen LogP contribution in [0.25, 0.3) is 5.69 Å². The molecule has 0 amide bonds. The van der Waals surface area contributed by atoms with Crippen LogP contribution in [0.1, 0.15) is 17.7 Å². The summed E-state index contributed by atoms with van der Waals surface area (Å²) in [5.74, 6) is 0.769. The molecule has 2 aromatic carbocycles. The maximum Gasteiger partial charge on any atom is 0.249 e. The molecule has 0 N–H and O–H groups in total. The highest BCUT2D eigenvalue weighted by molar-refractivity contribution is 7.93. The van der Waals surface area contributed by atoms with Gasteiger partial charge in [-0.05, 0) is 30.7 Å². The van der Waals surface area contributed by atoms with E-state index in [2.05, 4.69) is 0 Å². The number of anilines is 1. The van der Waals surface area contributed by atoms with Crippen molar-refractivity contribution in [2.24, 2.45) is 0 Å². The zero-order chi connectivity index (χ0) is 21.5. The quantitative estimate of drug-likeness (QED) is 0.534. The van der Waals surface area contributed by atoms with Crippen molar-refractivity contribution in [3.05, 3.63) is 70.2 Å². The highest BCUT2D eigenvalue weighted by Gasteiger charge is 2.29. The van der Waals surface area contributed by atoms with E-state index in [9.17, 15) is 8.42 Å². The molecule has 2 heterocycles. The molecule has 4 rings (SSSR count). The second-order valence-corrected chi connectivity index (χ2v) is 10.0. The van der Waals surface area contributed by atoms with Crippen molar-refractivity contribution in [1.29, 1.82) is 0 Å². The summed E-state index contributed by atoms with van der Waals surface area (Å²) in [5.41, 5.74) is 3.30. The smallest absolute Gasteiger partial charge is 0.249 e. The van der Waals surface area contributed by atoms with Crippen LogP contribution >= 0.6 is 23.2 Å². The van der Waals surface area contributed by atoms with E-state index in [0.717, 1.165) is 16.9 Å². The number of benzene rings is 2. The van der Waals surface area contributed by atoms with Gasteiger partial charge in [0.1, 0.15) is 18.4 Å². The van der Waals surface area contributed by atoms with Crippen molar-refractivity contribution < 1.29 is 17.7 Å². The van der Waals surface area contributed by atoms with Gasteiger partial charge in [-0.1, -0.05) is 29.3 Å². The van der Waals surface area contributed by atoms with Gasteiger partial charge in [-0.15, -0.1) is 0 Å². The third kappa shape index (κ3) is 3.89. The highest BCUT2D eigenvalue weighted by Crippen LogP contribution is 2.30. The predicted molar refractivity (Wildman–Crippen MR) is 119 cm³/mol. The maximum atomic E-state index is 12.2. The second kappa shape index (κ2) is 8.13. The lowest BCUT2D eigenvalue weighted by atomic mass is 10.2. The molecule has 30 heavy (non-hydrogen) atoms. The molecule has 1 saturated heterocycles. The summed E-state index contributed by atoms with van der Waals surface area (Å²) >= 11 is 12.7. The summed E-state index contributed by atoms with van der Waals surface area (Å²) in [6, 6.07) is 10.9. The lowest BCUT2D eigenvalue weighted by Gasteiger charge is -2.18. The second-order valence-electron chi connectivity index (χ2n) is 7.22. The average Bonchev–Trinajstić information content (AvgIpc) is 3.25. The predicted octanol–water partition coefficient (Wildman–Crippen LogP) is 3.98. The summed E-state index contributed by atoms with van der Waals surface area (Å²) in [6.07, 6.45) is 4.56. The molecule has 0 unspecified atom stereocenters. The minimum atomic E-state index is -3.25. The average molecular weight is 467 g/mol. The fourth-order valence-corrected chi connectivity index (χ4v) is 5.74. The normalized spacial score (nSPS) is 15.5. The van der Waals surface area contributed by atoms with E-state index in [1.165, 1.54) is 4.31 Å². The zero-order valence-corrected chi connectivity index (χ0v) is 19.0. The Balaban J connectivity index is 1.69. The lowest BCUT2D eigenvalue weighted by molar-refractivity contribution is -0.595. The molecule has 1 aliphatic rings. The van der Waals surface area contributed by atoms with Crippen LogP contribution < -0.4 is 13.6 Å². The van der Waals surface area contributed by atoms with E-state index in [-0.39, 0.29) is 5.75 Å². The molecule has 0 saturated carbocycles. The van der Waals surface area contributed by atoms with Crippen molar-refractivity contribution in [2.75, 3.05) is 23.7 Å². The van der Waals surface area contributed by atoms with Gasteiger partial charge in [-0.25, -0.2) is 13.0 Å². The molecule has 0 atom stereocenters. The summed E-state index contributed by atoms with van der Waals surface area (Å²) in [6.45, 7) is 3.02. The number of ether oxygens (including phenoxy) is 1. The molecule has 0 spiro atoms. The number of hydrogen-bond donors (Lipinski definition) is 0. The van der Waals surface area contributed by atoms with E-state index in [0.29, 0.717) is 41.0 Å². The van der Waals surface area contributed by atoms with Crippen LogP contribution in [0.5, 0.6) is 5.75 Å². The minimum absolute atomic E-state index is 0.179. The molecule has 9 heteroatoms. The van der Waals surface area contributed by atoms with E-state index in [1.54, 1.807) is 13.2 Å². The first-order valence-corrected chi connectivity index (χ1v) is 11.9. The molecule has 0 radical (unpaired) electrons. The molecule has 0 bridgehead atoms. The number of halogens is 2. The summed E-state index contributed by atoms with van der Waals surface area (Å²) in [5, 5.41) is 1.24. The van der Waals surface area contributed by atoms with Gasteiger partial charge < -0.3 is 4.74 Å². The van der Waals surface area contributed by atoms with Crippen molar-refractivity contribution >= 4 is 38.9 Å². The third-order valence-electron chi connectivity index (χ3n) is 5.26. The molecule has 0 aliphatic carbocycles. The number of aromatic nitrogens is 2. The molecule has 158 valence electrons. The van der Waals surface area contributed by atoms with Crippen molar-refractivity contribution in [3.63, 3.8) is 0 Å². The van der Waals surface area contributed by atoms with E-state index < -0.39 is 10.0 Å². The van der Waals surface area contributed by atoms with Crippen LogP contribution in [0, 0.1) is 6.92 Å². The Morgan fingerprint density at radius 1 is 1.17 bits per heavy atom. The Kier molecular flexibility index (Phi) is 5.70. The van der Waals surface area contributed by atoms with Crippen molar-refractivity contribution in [3.8, 4) is 11.4 Å². The van der Waals surface area contributed by atoms with Gasteiger partial charge in [0.2, 0.25) is 16.4 Å². The first kappa shape index (κ1) is 21.0. The zero-order valence-electron chi connectivity index (χ0n) is 16.7. The van der Waals surface area contributed by atoms with Gasteiger partial charge in [-0.2, -0.15) is 4.57 Å². The fourth-order valence-electron chi connectivity index (χ4n) is 3.67. The summed E-state index contributed by atoms with van der Waals surface area (Å²) in [7, 11) is -1.67. The number of sulfonamides is 1. The summed E-state index contributed by atoms with van der Waals surface area (Å²) in [4.78, 5) is 0. The Morgan fingerprint density at radius 2 is 1.90 bits per heavy atom. The molecule has 1 fully saturated rings. The molecule has 1 aromatic heterocycles. The van der Waals surface area contributed by atoms with Crippen LogP contribution in [0.3, 0.4) is 0 Å². The Hall–Kier alpha value is -2.22. The lowest BCUT2D eigenvalue weighted by Crippen LogP contribution is -2.29. The monoisotopic (exact) mass is 466 g/mol. The Bertz CT molecular complexity index is 1190.